The Hall–Kier alpha value is -5.17. The van der Waals surface area contributed by atoms with Crippen LogP contribution in [0.15, 0.2) is 103 Å². The fourth-order valence-corrected chi connectivity index (χ4v) is 5.75. The first-order valence-corrected chi connectivity index (χ1v) is 14.4. The monoisotopic (exact) mass is 570 g/mol. The summed E-state index contributed by atoms with van der Waals surface area (Å²) in [5, 5.41) is 0. The minimum atomic E-state index is -0.126. The van der Waals surface area contributed by atoms with Crippen molar-refractivity contribution in [2.45, 2.75) is 26.4 Å². The molecule has 0 saturated heterocycles. The molecule has 3 aromatic carbocycles. The number of benzene rings is 3. The normalized spacial score (nSPS) is 12.2. The molecule has 0 N–H and O–H groups in total. The molecule has 2 amide bonds. The number of para-hydroxylation sites is 1. The highest BCUT2D eigenvalue weighted by Crippen LogP contribution is 2.35. The van der Waals surface area contributed by atoms with Gasteiger partial charge < -0.3 is 19.1 Å². The Bertz CT molecular complexity index is 1790. The summed E-state index contributed by atoms with van der Waals surface area (Å²) in [7, 11) is 3.46. The second kappa shape index (κ2) is 12.0. The average Bonchev–Trinajstić information content (AvgIpc) is 3.36. The summed E-state index contributed by atoms with van der Waals surface area (Å²) >= 11 is 0. The van der Waals surface area contributed by atoms with Crippen LogP contribution in [-0.2, 0) is 19.5 Å². The van der Waals surface area contributed by atoms with Gasteiger partial charge in [0.2, 0.25) is 0 Å². The minimum absolute atomic E-state index is 0.0471. The van der Waals surface area contributed by atoms with E-state index in [1.165, 1.54) is 0 Å². The summed E-state index contributed by atoms with van der Waals surface area (Å²) in [6.07, 6.45) is 4.28. The molecule has 0 atom stereocenters. The van der Waals surface area contributed by atoms with Crippen molar-refractivity contribution in [2.24, 2.45) is 0 Å². The van der Waals surface area contributed by atoms with Crippen molar-refractivity contribution in [3.8, 4) is 16.9 Å². The van der Waals surface area contributed by atoms with Crippen LogP contribution in [0.1, 0.15) is 43.2 Å². The van der Waals surface area contributed by atoms with Gasteiger partial charge in [0.1, 0.15) is 11.4 Å². The smallest absolute Gasteiger partial charge is 0.270 e. The first-order chi connectivity index (χ1) is 20.9. The minimum Gasteiger partial charge on any atom is -0.496 e. The number of pyridine rings is 1. The first-order valence-electron chi connectivity index (χ1n) is 14.4. The number of methoxy groups -OCH3 is 1. The predicted molar refractivity (Wildman–Crippen MR) is 169 cm³/mol. The second-order valence-electron chi connectivity index (χ2n) is 10.9. The molecule has 6 rings (SSSR count). The van der Waals surface area contributed by atoms with Gasteiger partial charge in [-0.15, -0.1) is 0 Å². The molecule has 0 saturated carbocycles. The maximum Gasteiger partial charge on any atom is 0.270 e. The molecule has 1 aliphatic heterocycles. The van der Waals surface area contributed by atoms with E-state index in [0.717, 1.165) is 45.6 Å². The lowest BCUT2D eigenvalue weighted by molar-refractivity contribution is 0.0786. The molecule has 0 radical (unpaired) electrons. The summed E-state index contributed by atoms with van der Waals surface area (Å²) in [4.78, 5) is 35.4. The van der Waals surface area contributed by atoms with Gasteiger partial charge in [-0.3, -0.25) is 14.6 Å². The lowest BCUT2D eigenvalue weighted by Crippen LogP contribution is -2.31. The number of hydrogen-bond donors (Lipinski definition) is 0. The number of aryl methyl sites for hydroxylation is 1. The molecule has 0 aliphatic carbocycles. The van der Waals surface area contributed by atoms with Crippen LogP contribution in [0.3, 0.4) is 0 Å². The molecule has 0 fully saturated rings. The SMILES string of the molecule is COc1cc(C(=O)N2Cc3ccc(C(=O)N(C)CCc4ccncc4)n3Cc3ccccc32)ccc1-c1ccccc1C. The van der Waals surface area contributed by atoms with Crippen LogP contribution in [0, 0.1) is 6.92 Å². The number of ether oxygens (including phenoxy) is 1. The molecule has 0 unspecified atom stereocenters. The van der Waals surface area contributed by atoms with Gasteiger partial charge in [0.15, 0.2) is 0 Å². The molecule has 0 bridgehead atoms. The number of carbonyl (C=O) groups excluding carboxylic acids is 2. The third kappa shape index (κ3) is 5.54. The molecule has 3 heterocycles. The number of nitrogens with zero attached hydrogens (tertiary/aromatic N) is 4. The molecular weight excluding hydrogens is 536 g/mol. The molecule has 5 aromatic rings. The highest BCUT2D eigenvalue weighted by Gasteiger charge is 2.28. The van der Waals surface area contributed by atoms with E-state index < -0.39 is 0 Å². The summed E-state index contributed by atoms with van der Waals surface area (Å²) < 4.78 is 7.80. The van der Waals surface area contributed by atoms with E-state index in [2.05, 4.69) is 24.0 Å². The van der Waals surface area contributed by atoms with Gasteiger partial charge in [-0.05, 0) is 84.1 Å². The highest BCUT2D eigenvalue weighted by molar-refractivity contribution is 6.07. The number of carbonyl (C=O) groups is 2. The Morgan fingerprint density at radius 1 is 0.884 bits per heavy atom. The quantitative estimate of drug-likeness (QED) is 0.227. The number of hydrogen-bond acceptors (Lipinski definition) is 4. The van der Waals surface area contributed by atoms with Gasteiger partial charge in [-0.1, -0.05) is 42.5 Å². The number of amides is 2. The number of aromatic nitrogens is 2. The Kier molecular flexibility index (Phi) is 7.79. The van der Waals surface area contributed by atoms with Crippen molar-refractivity contribution in [1.29, 1.82) is 0 Å². The van der Waals surface area contributed by atoms with Gasteiger partial charge in [0.05, 0.1) is 20.2 Å². The van der Waals surface area contributed by atoms with Crippen LogP contribution in [0.5, 0.6) is 5.75 Å². The van der Waals surface area contributed by atoms with Crippen molar-refractivity contribution in [1.82, 2.24) is 14.5 Å². The van der Waals surface area contributed by atoms with E-state index in [9.17, 15) is 9.59 Å². The van der Waals surface area contributed by atoms with Crippen LogP contribution >= 0.6 is 0 Å². The van der Waals surface area contributed by atoms with Crippen molar-refractivity contribution < 1.29 is 14.3 Å². The highest BCUT2D eigenvalue weighted by atomic mass is 16.5. The van der Waals surface area contributed by atoms with E-state index >= 15 is 0 Å². The Balaban J connectivity index is 1.30. The van der Waals surface area contributed by atoms with Gasteiger partial charge in [0.25, 0.3) is 11.8 Å². The van der Waals surface area contributed by atoms with Crippen LogP contribution in [0.4, 0.5) is 5.69 Å². The first kappa shape index (κ1) is 28.0. The maximum atomic E-state index is 14.2. The van der Waals surface area contributed by atoms with E-state index in [4.69, 9.17) is 4.74 Å². The summed E-state index contributed by atoms with van der Waals surface area (Å²) in [5.74, 6) is 0.475. The predicted octanol–water partition coefficient (Wildman–Crippen LogP) is 6.39. The average molecular weight is 571 g/mol. The Labute approximate surface area is 252 Å². The van der Waals surface area contributed by atoms with Gasteiger partial charge in [-0.2, -0.15) is 0 Å². The molecule has 7 heteroatoms. The lowest BCUT2D eigenvalue weighted by atomic mass is 9.98. The summed E-state index contributed by atoms with van der Waals surface area (Å²) in [6, 6.07) is 29.5. The van der Waals surface area contributed by atoms with Crippen molar-refractivity contribution in [3.63, 3.8) is 0 Å². The molecular formula is C36H34N4O3. The fraction of sp³-hybridized carbons (Fsp3) is 0.194. The molecule has 43 heavy (non-hydrogen) atoms. The van der Waals surface area contributed by atoms with Crippen LogP contribution in [-0.4, -0.2) is 47.0 Å². The van der Waals surface area contributed by atoms with E-state index in [-0.39, 0.29) is 11.8 Å². The summed E-state index contributed by atoms with van der Waals surface area (Å²) in [5.41, 5.74) is 8.14. The van der Waals surface area contributed by atoms with Gasteiger partial charge in [-0.25, -0.2) is 0 Å². The second-order valence-corrected chi connectivity index (χ2v) is 10.9. The third-order valence-electron chi connectivity index (χ3n) is 8.18. The number of anilines is 1. The topological polar surface area (TPSA) is 67.7 Å². The molecule has 2 aromatic heterocycles. The molecule has 1 aliphatic rings. The Morgan fingerprint density at radius 3 is 2.44 bits per heavy atom. The Morgan fingerprint density at radius 2 is 1.65 bits per heavy atom. The van der Waals surface area contributed by atoms with E-state index in [1.54, 1.807) is 29.3 Å². The molecule has 216 valence electrons. The molecule has 7 nitrogen and oxygen atoms in total. The fourth-order valence-electron chi connectivity index (χ4n) is 5.75. The van der Waals surface area contributed by atoms with Crippen molar-refractivity contribution in [3.05, 3.63) is 137 Å². The van der Waals surface area contributed by atoms with Crippen LogP contribution < -0.4 is 9.64 Å². The third-order valence-corrected chi connectivity index (χ3v) is 8.18. The number of fused-ring (bicyclic) bond motifs is 2. The van der Waals surface area contributed by atoms with Crippen molar-refractivity contribution in [2.75, 3.05) is 25.6 Å². The van der Waals surface area contributed by atoms with Gasteiger partial charge in [0, 0.05) is 48.5 Å². The standard InChI is InChI=1S/C36H34N4O3/c1-25-8-4-6-10-30(25)31-14-12-27(22-34(31)43-3)35(41)40-24-29-13-15-33(39(29)23-28-9-5-7-11-32(28)40)36(42)38(2)21-18-26-16-19-37-20-17-26/h4-17,19-20,22H,18,21,23-24H2,1-3H3. The number of rotatable bonds is 7. The van der Waals surface area contributed by atoms with Crippen LogP contribution in [0.25, 0.3) is 11.1 Å². The largest absolute Gasteiger partial charge is 0.496 e. The zero-order valence-corrected chi connectivity index (χ0v) is 24.7. The summed E-state index contributed by atoms with van der Waals surface area (Å²) in [6.45, 7) is 3.49. The lowest BCUT2D eigenvalue weighted by Gasteiger charge is -2.23. The van der Waals surface area contributed by atoms with Crippen LogP contribution in [0.2, 0.25) is 0 Å². The maximum absolute atomic E-state index is 14.2. The zero-order valence-electron chi connectivity index (χ0n) is 24.7. The van der Waals surface area contributed by atoms with Gasteiger partial charge >= 0.3 is 0 Å². The van der Waals surface area contributed by atoms with Crippen molar-refractivity contribution >= 4 is 17.5 Å². The number of likely N-dealkylation sites (N-methyl/N-ethyl adjacent to an activating group) is 1. The van der Waals surface area contributed by atoms with E-state index in [0.29, 0.717) is 36.6 Å². The molecule has 0 spiro atoms. The van der Waals surface area contributed by atoms with E-state index in [1.807, 2.05) is 90.5 Å². The zero-order chi connectivity index (χ0) is 29.9.